The normalized spacial score (nSPS) is 15.7. The molecule has 6 unspecified atom stereocenters. The van der Waals surface area contributed by atoms with Crippen molar-refractivity contribution < 1.29 is 178 Å². The number of aliphatic hydroxyl groups is 1. The highest BCUT2D eigenvalue weighted by atomic mass is 31.2. The van der Waals surface area contributed by atoms with E-state index < -0.39 is 77.3 Å². The van der Waals surface area contributed by atoms with E-state index >= 15 is 0 Å². The summed E-state index contributed by atoms with van der Waals surface area (Å²) in [6.45, 7) is 2.09. The maximum Gasteiger partial charge on any atom is 0.472 e. The number of hydrogen-bond acceptors (Lipinski definition) is 32. The zero-order valence-electron chi connectivity index (χ0n) is 49.8. The molecule has 0 aliphatic rings. The molecule has 0 spiro atoms. The molecule has 38 nitrogen and oxygen atoms in total. The second-order valence-electron chi connectivity index (χ2n) is 17.0. The van der Waals surface area contributed by atoms with Crippen molar-refractivity contribution in [1.29, 1.82) is 0 Å². The first-order valence-electron chi connectivity index (χ1n) is 27.9. The summed E-state index contributed by atoms with van der Waals surface area (Å²) in [5.41, 5.74) is 2.60. The van der Waals surface area contributed by atoms with Crippen LogP contribution in [0.3, 0.4) is 0 Å². The highest BCUT2D eigenvalue weighted by molar-refractivity contribution is 7.48. The molecule has 9 N–H and O–H groups in total. The van der Waals surface area contributed by atoms with Gasteiger partial charge in [-0.1, -0.05) is 0 Å². The van der Waals surface area contributed by atoms with E-state index in [1.807, 2.05) is 0 Å². The van der Waals surface area contributed by atoms with Gasteiger partial charge in [-0.2, -0.15) is 11.1 Å². The smallest absolute Gasteiger partial charge is 0.396 e. The van der Waals surface area contributed by atoms with Crippen molar-refractivity contribution >= 4 is 39.1 Å². The van der Waals surface area contributed by atoms with Gasteiger partial charge in [0.1, 0.15) is 0 Å². The van der Waals surface area contributed by atoms with Gasteiger partial charge >= 0.3 is 39.1 Å². The van der Waals surface area contributed by atoms with Crippen LogP contribution in [-0.2, 0) is 135 Å². The first-order valence-corrected chi connectivity index (χ1v) is 35.4. The second kappa shape index (κ2) is 61.3. The van der Waals surface area contributed by atoms with E-state index in [0.29, 0.717) is 52.9 Å². The van der Waals surface area contributed by atoms with Crippen molar-refractivity contribution in [1.82, 2.24) is 11.1 Å². The van der Waals surface area contributed by atoms with Crippen LogP contribution in [0.5, 0.6) is 0 Å². The van der Waals surface area contributed by atoms with Gasteiger partial charge in [0.2, 0.25) is 0 Å². The van der Waals surface area contributed by atoms with Gasteiger partial charge < -0.3 is 106 Å². The lowest BCUT2D eigenvalue weighted by molar-refractivity contribution is -0.0178. The Morgan fingerprint density at radius 2 is 0.404 bits per heavy atom. The Labute approximate surface area is 516 Å². The van der Waals surface area contributed by atoms with E-state index in [9.17, 15) is 51.4 Å². The number of aliphatic hydroxyl groups excluding tert-OH is 1. The zero-order chi connectivity index (χ0) is 65.7. The molecule has 0 amide bonds. The van der Waals surface area contributed by atoms with Crippen LogP contribution in [-0.4, -0.2) is 312 Å². The number of rotatable bonds is 74. The molecule has 0 aromatic rings. The van der Waals surface area contributed by atoms with Gasteiger partial charge in [-0.05, 0) is 0 Å². The Morgan fingerprint density at radius 1 is 0.247 bits per heavy atom. The minimum absolute atomic E-state index is 0.000746. The van der Waals surface area contributed by atoms with Crippen LogP contribution >= 0.6 is 39.1 Å². The summed E-state index contributed by atoms with van der Waals surface area (Å²) >= 11 is 0. The van der Waals surface area contributed by atoms with Crippen molar-refractivity contribution in [3.8, 4) is 0 Å². The fourth-order valence-electron chi connectivity index (χ4n) is 5.53. The molecule has 536 valence electrons. The minimum Gasteiger partial charge on any atom is -0.396 e. The lowest BCUT2D eigenvalue weighted by Gasteiger charge is -2.18. The summed E-state index contributed by atoms with van der Waals surface area (Å²) in [4.78, 5) is 56.3. The summed E-state index contributed by atoms with van der Waals surface area (Å²) in [5.74, 6) is -1.71. The van der Waals surface area contributed by atoms with Crippen molar-refractivity contribution in [2.45, 2.75) is 0 Å². The van der Waals surface area contributed by atoms with Crippen LogP contribution in [0, 0.1) is 11.8 Å². The largest absolute Gasteiger partial charge is 0.472 e. The third-order valence-electron chi connectivity index (χ3n) is 9.77. The molecule has 45 heteroatoms. The third kappa shape index (κ3) is 67.5. The van der Waals surface area contributed by atoms with Crippen LogP contribution in [0.4, 0.5) is 8.96 Å². The number of phosphoric acid groups is 5. The van der Waals surface area contributed by atoms with Crippen LogP contribution in [0.25, 0.3) is 0 Å². The summed E-state index contributed by atoms with van der Waals surface area (Å²) in [6, 6.07) is 0. The van der Waals surface area contributed by atoms with E-state index in [0.717, 1.165) is 0 Å². The Balaban J connectivity index is 3.45. The van der Waals surface area contributed by atoms with Gasteiger partial charge in [0.05, 0.1) is 258 Å². The van der Waals surface area contributed by atoms with Gasteiger partial charge in [-0.3, -0.25) is 40.7 Å². The topological polar surface area (TPSA) is 473 Å². The van der Waals surface area contributed by atoms with Gasteiger partial charge in [0.25, 0.3) is 0 Å². The number of nitrogens with one attached hydrogen (secondary N) is 2. The molecule has 0 saturated carbocycles. The molecule has 0 bridgehead atoms. The molecule has 0 radical (unpaired) electrons. The molecule has 0 aromatic heterocycles. The minimum atomic E-state index is -4.82. The summed E-state index contributed by atoms with van der Waals surface area (Å²) in [5, 5.41) is 9.03. The standard InChI is InChI=1S/C44H95F2N2O36P5/c45-47-37-43(39-49)40-83-88(57,58)80-35-29-74-23-17-68-11-5-62-3-9-66-15-21-72-27-33-78-86(53,54)76-31-25-70-19-13-64-7-1-61-2-8-65-14-20-71-26-32-77-87(55,56)79-34-28-73-22-16-67-10-4-63-6-12-69-18-24-75-30-36-81-89(59,60)84-42-44(38-48-46)41-82-85(50,51)52/h43-44,47-49H,1-42H2,(H,53,54)(H,55,56)(H,57,58)(H,59,60)(H2,50,51,52). The quantitative estimate of drug-likeness (QED) is 0.0221. The average molecular weight is 1420 g/mol. The Morgan fingerprint density at radius 3 is 0.584 bits per heavy atom. The van der Waals surface area contributed by atoms with E-state index in [-0.39, 0.29) is 198 Å². The molecule has 0 aromatic carbocycles. The summed E-state index contributed by atoms with van der Waals surface area (Å²) in [6.07, 6.45) is 0. The highest BCUT2D eigenvalue weighted by Crippen LogP contribution is 2.45. The van der Waals surface area contributed by atoms with E-state index in [2.05, 4.69) is 4.52 Å². The number of halogens is 2. The van der Waals surface area contributed by atoms with Crippen LogP contribution in [0.1, 0.15) is 0 Å². The molecule has 6 atom stereocenters. The van der Waals surface area contributed by atoms with Crippen LogP contribution in [0.15, 0.2) is 0 Å². The summed E-state index contributed by atoms with van der Waals surface area (Å²) in [7, 11) is -22.4. The monoisotopic (exact) mass is 1420 g/mol. The van der Waals surface area contributed by atoms with Crippen molar-refractivity contribution in [2.75, 3.05) is 277 Å². The van der Waals surface area contributed by atoms with Gasteiger partial charge in [0.15, 0.2) is 0 Å². The molecule has 0 saturated heterocycles. The molecular weight excluding hydrogens is 1330 g/mol. The second-order valence-corrected chi connectivity index (χ2v) is 24.1. The van der Waals surface area contributed by atoms with Gasteiger partial charge in [-0.15, -0.1) is 8.96 Å². The lowest BCUT2D eigenvalue weighted by Crippen LogP contribution is -2.25. The number of ether oxygens (including phenoxy) is 15. The lowest BCUT2D eigenvalue weighted by atomic mass is 10.2. The molecular formula is C44H95F2N2O36P5. The molecule has 0 heterocycles. The fourth-order valence-corrected chi connectivity index (χ4v) is 8.86. The van der Waals surface area contributed by atoms with Gasteiger partial charge in [0, 0.05) is 31.5 Å². The summed E-state index contributed by atoms with van der Waals surface area (Å²) < 4.78 is 206. The number of hydrogen-bond donors (Lipinski definition) is 9. The molecule has 0 aliphatic heterocycles. The first-order chi connectivity index (χ1) is 42.8. The molecule has 0 aliphatic carbocycles. The van der Waals surface area contributed by atoms with Gasteiger partial charge in [-0.25, -0.2) is 22.8 Å². The van der Waals surface area contributed by atoms with Crippen molar-refractivity contribution in [3.63, 3.8) is 0 Å². The Kier molecular flexibility index (Phi) is 61.1. The Bertz CT molecular complexity index is 1820. The maximum atomic E-state index is 12.4. The number of phosphoric ester groups is 5. The van der Waals surface area contributed by atoms with Crippen LogP contribution < -0.4 is 11.1 Å². The Hall–Kier alpha value is -0.310. The molecule has 89 heavy (non-hydrogen) atoms. The average Bonchev–Trinajstić information content (AvgIpc) is 3.70. The first kappa shape index (κ1) is 88.7. The van der Waals surface area contributed by atoms with E-state index in [1.165, 1.54) is 11.1 Å². The van der Waals surface area contributed by atoms with Crippen LogP contribution in [0.2, 0.25) is 0 Å². The fraction of sp³-hybridized carbons (Fsp3) is 1.00. The predicted molar refractivity (Wildman–Crippen MR) is 299 cm³/mol. The van der Waals surface area contributed by atoms with Crippen molar-refractivity contribution in [2.24, 2.45) is 11.8 Å². The zero-order valence-corrected chi connectivity index (χ0v) is 54.3. The third-order valence-corrected chi connectivity index (χ3v) is 14.3. The maximum absolute atomic E-state index is 12.4. The highest BCUT2D eigenvalue weighted by Gasteiger charge is 2.27. The van der Waals surface area contributed by atoms with E-state index in [1.54, 1.807) is 0 Å². The van der Waals surface area contributed by atoms with E-state index in [4.69, 9.17) is 122 Å². The molecule has 0 rings (SSSR count). The predicted octanol–water partition coefficient (Wildman–Crippen LogP) is 0.0520. The molecule has 0 fully saturated rings. The van der Waals surface area contributed by atoms with Crippen molar-refractivity contribution in [3.05, 3.63) is 0 Å². The SMILES string of the molecule is O=P(O)(O)OCC(CNF)COP(=O)(O)OCCOCCOCCOCCOCCOCCOP(=O)(O)OCCOCCOCCOCCOCCOCCOP(=O)(O)OCCOCCOCCOCCOCCOCCOP(=O)(O)OCC(CO)CNF.